The van der Waals surface area contributed by atoms with Gasteiger partial charge in [0.05, 0.1) is 0 Å². The monoisotopic (exact) mass is 347 g/mol. The number of aryl methyl sites for hydroxylation is 1. The largest absolute Gasteiger partial charge is 0.444 e. The zero-order valence-electron chi connectivity index (χ0n) is 14.6. The lowest BCUT2D eigenvalue weighted by Crippen LogP contribution is -2.33. The normalized spacial score (nSPS) is 11.0. The smallest absolute Gasteiger partial charge is 0.412 e. The average molecular weight is 347 g/mol. The van der Waals surface area contributed by atoms with Crippen LogP contribution in [0.15, 0.2) is 35.4 Å². The number of anilines is 1. The second-order valence-electron chi connectivity index (χ2n) is 6.24. The first-order chi connectivity index (χ1) is 11.7. The Morgan fingerprint density at radius 3 is 2.36 bits per heavy atom. The van der Waals surface area contributed by atoms with Gasteiger partial charge in [-0.15, -0.1) is 0 Å². The summed E-state index contributed by atoms with van der Waals surface area (Å²) in [7, 11) is 0. The van der Waals surface area contributed by atoms with Crippen LogP contribution in [0.1, 0.15) is 38.1 Å². The Bertz CT molecular complexity index is 814. The van der Waals surface area contributed by atoms with Crippen LogP contribution in [-0.2, 0) is 11.3 Å². The summed E-state index contributed by atoms with van der Waals surface area (Å²) in [5.41, 5.74) is 2.23. The third-order valence-electron chi connectivity index (χ3n) is 3.05. The number of hydrogen-bond donors (Lipinski definition) is 2. The minimum Gasteiger partial charge on any atom is -0.444 e. The fourth-order valence-electron chi connectivity index (χ4n) is 1.93. The number of aromatic nitrogens is 3. The highest BCUT2D eigenvalue weighted by Crippen LogP contribution is 2.13. The molecule has 0 aliphatic carbocycles. The molecular weight excluding hydrogens is 326 g/mol. The molecule has 0 saturated carbocycles. The Hall–Kier alpha value is -3.10. The second kappa shape index (κ2) is 7.20. The molecule has 0 radical (unpaired) electrons. The van der Waals surface area contributed by atoms with Crippen molar-refractivity contribution in [2.24, 2.45) is 0 Å². The number of hydrogen-bond acceptors (Lipinski definition) is 5. The Kier molecular flexibility index (Phi) is 5.26. The summed E-state index contributed by atoms with van der Waals surface area (Å²) < 4.78 is 7.38. The Morgan fingerprint density at radius 2 is 1.84 bits per heavy atom. The van der Waals surface area contributed by atoms with Crippen molar-refractivity contribution in [3.8, 4) is 0 Å². The van der Waals surface area contributed by atoms with E-state index < -0.39 is 23.3 Å². The molecule has 2 amide bonds. The highest BCUT2D eigenvalue weighted by Gasteiger charge is 2.16. The molecule has 134 valence electrons. The van der Waals surface area contributed by atoms with Crippen LogP contribution < -0.4 is 16.4 Å². The molecule has 0 atom stereocenters. The zero-order valence-corrected chi connectivity index (χ0v) is 14.6. The first-order valence-corrected chi connectivity index (χ1v) is 7.75. The third-order valence-corrected chi connectivity index (χ3v) is 3.05. The second-order valence-corrected chi connectivity index (χ2v) is 6.24. The van der Waals surface area contributed by atoms with Gasteiger partial charge in [-0.25, -0.2) is 14.3 Å². The molecule has 2 N–H and O–H groups in total. The number of nitrogens with zero attached hydrogens (tertiary/aromatic N) is 3. The van der Waals surface area contributed by atoms with E-state index in [9.17, 15) is 14.4 Å². The van der Waals surface area contributed by atoms with E-state index in [1.54, 1.807) is 39.8 Å². The molecule has 9 nitrogen and oxygen atoms in total. The Balaban J connectivity index is 2.01. The van der Waals surface area contributed by atoms with Gasteiger partial charge in [0.15, 0.2) is 0 Å². The van der Waals surface area contributed by atoms with Crippen LogP contribution in [0.4, 0.5) is 10.5 Å². The van der Waals surface area contributed by atoms with E-state index in [0.29, 0.717) is 17.8 Å². The lowest BCUT2D eigenvalue weighted by atomic mass is 10.2. The molecule has 0 aliphatic rings. The molecule has 2 aromatic rings. The van der Waals surface area contributed by atoms with E-state index in [2.05, 4.69) is 15.8 Å². The molecule has 0 unspecified atom stereocenters. The molecule has 9 heteroatoms. The lowest BCUT2D eigenvalue weighted by molar-refractivity contribution is 0.0636. The van der Waals surface area contributed by atoms with Crippen molar-refractivity contribution < 1.29 is 14.3 Å². The molecule has 0 fully saturated rings. The van der Waals surface area contributed by atoms with Crippen LogP contribution in [0, 0.1) is 0 Å². The van der Waals surface area contributed by atoms with Gasteiger partial charge in [-0.05, 0) is 52.0 Å². The first kappa shape index (κ1) is 18.2. The van der Waals surface area contributed by atoms with Gasteiger partial charge >= 0.3 is 11.8 Å². The van der Waals surface area contributed by atoms with Crippen LogP contribution >= 0.6 is 0 Å². The molecule has 0 aliphatic heterocycles. The summed E-state index contributed by atoms with van der Waals surface area (Å²) in [6.07, 6.45) is 0.658. The molecule has 0 spiro atoms. The highest BCUT2D eigenvalue weighted by atomic mass is 16.6. The van der Waals surface area contributed by atoms with Crippen LogP contribution in [0.2, 0.25) is 0 Å². The number of ether oxygens (including phenoxy) is 1. The van der Waals surface area contributed by atoms with Gasteiger partial charge in [-0.1, -0.05) is 0 Å². The summed E-state index contributed by atoms with van der Waals surface area (Å²) in [6.45, 7) is 7.48. The number of amides is 2. The molecule has 1 aromatic heterocycles. The predicted octanol–water partition coefficient (Wildman–Crippen LogP) is 1.80. The maximum atomic E-state index is 12.2. The topological polar surface area (TPSA) is 107 Å². The zero-order chi connectivity index (χ0) is 18.6. The van der Waals surface area contributed by atoms with Crippen molar-refractivity contribution in [2.75, 3.05) is 10.7 Å². The lowest BCUT2D eigenvalue weighted by Gasteiger charge is -2.19. The third kappa shape index (κ3) is 4.93. The van der Waals surface area contributed by atoms with Crippen molar-refractivity contribution in [3.63, 3.8) is 0 Å². The van der Waals surface area contributed by atoms with Crippen molar-refractivity contribution >= 4 is 17.7 Å². The minimum atomic E-state index is -0.597. The van der Waals surface area contributed by atoms with E-state index in [0.717, 1.165) is 4.68 Å². The molecular formula is C16H21N5O4. The van der Waals surface area contributed by atoms with E-state index in [1.165, 1.54) is 23.1 Å². The molecule has 0 saturated heterocycles. The number of carbonyl (C=O) groups excluding carboxylic acids is 2. The van der Waals surface area contributed by atoms with Gasteiger partial charge in [0.1, 0.15) is 11.9 Å². The van der Waals surface area contributed by atoms with E-state index >= 15 is 0 Å². The Labute approximate surface area is 144 Å². The quantitative estimate of drug-likeness (QED) is 0.877. The molecule has 0 bridgehead atoms. The maximum Gasteiger partial charge on any atom is 0.412 e. The summed E-state index contributed by atoms with van der Waals surface area (Å²) in [4.78, 5) is 35.7. The summed E-state index contributed by atoms with van der Waals surface area (Å²) >= 11 is 0. The van der Waals surface area contributed by atoms with E-state index in [1.807, 2.05) is 0 Å². The van der Waals surface area contributed by atoms with Crippen LogP contribution in [0.25, 0.3) is 0 Å². The Morgan fingerprint density at radius 1 is 1.20 bits per heavy atom. The van der Waals surface area contributed by atoms with Crippen molar-refractivity contribution in [1.29, 1.82) is 0 Å². The van der Waals surface area contributed by atoms with Crippen molar-refractivity contribution in [2.45, 2.75) is 39.8 Å². The number of carbonyl (C=O) groups is 2. The SMILES string of the molecule is CCn1ncn(NC(=O)c2ccc(NC(=O)OC(C)(C)C)cc2)c1=O. The molecule has 1 aromatic carbocycles. The number of benzene rings is 1. The number of nitrogens with one attached hydrogen (secondary N) is 2. The fourth-order valence-corrected chi connectivity index (χ4v) is 1.93. The van der Waals surface area contributed by atoms with Gasteiger partial charge < -0.3 is 4.74 Å². The van der Waals surface area contributed by atoms with Gasteiger partial charge in [-0.2, -0.15) is 9.77 Å². The standard InChI is InChI=1S/C16H21N5O4/c1-5-20-15(24)21(10-17-20)19-13(22)11-6-8-12(9-7-11)18-14(23)25-16(2,3)4/h6-10H,5H2,1-4H3,(H,18,23)(H,19,22). The summed E-state index contributed by atoms with van der Waals surface area (Å²) in [5, 5.41) is 6.42. The van der Waals surface area contributed by atoms with Crippen LogP contribution in [0.3, 0.4) is 0 Å². The highest BCUT2D eigenvalue weighted by molar-refractivity contribution is 6.00. The summed E-state index contributed by atoms with van der Waals surface area (Å²) in [5.74, 6) is -0.471. The van der Waals surface area contributed by atoms with Gasteiger partial charge in [0.25, 0.3) is 5.91 Å². The van der Waals surface area contributed by atoms with Gasteiger partial charge in [0.2, 0.25) is 0 Å². The van der Waals surface area contributed by atoms with Crippen LogP contribution in [-0.4, -0.2) is 32.1 Å². The minimum absolute atomic E-state index is 0.325. The predicted molar refractivity (Wildman–Crippen MR) is 92.2 cm³/mol. The van der Waals surface area contributed by atoms with Gasteiger partial charge in [-0.3, -0.25) is 15.5 Å². The van der Waals surface area contributed by atoms with E-state index in [4.69, 9.17) is 4.74 Å². The van der Waals surface area contributed by atoms with Crippen LogP contribution in [0.5, 0.6) is 0 Å². The average Bonchev–Trinajstić information content (AvgIpc) is 2.86. The van der Waals surface area contributed by atoms with Crippen molar-refractivity contribution in [1.82, 2.24) is 14.5 Å². The summed E-state index contributed by atoms with van der Waals surface area (Å²) in [6, 6.07) is 6.18. The molecule has 1 heterocycles. The van der Waals surface area contributed by atoms with E-state index in [-0.39, 0.29) is 0 Å². The molecule has 25 heavy (non-hydrogen) atoms. The first-order valence-electron chi connectivity index (χ1n) is 7.75. The molecule has 2 rings (SSSR count). The fraction of sp³-hybridized carbons (Fsp3) is 0.375. The maximum absolute atomic E-state index is 12.2. The number of rotatable bonds is 4. The van der Waals surface area contributed by atoms with Crippen molar-refractivity contribution in [3.05, 3.63) is 46.6 Å². The van der Waals surface area contributed by atoms with Gasteiger partial charge in [0, 0.05) is 17.8 Å².